The normalized spacial score (nSPS) is 24.5. The molecule has 0 aliphatic heterocycles. The molecule has 0 fully saturated rings. The quantitative estimate of drug-likeness (QED) is 0.624. The van der Waals surface area contributed by atoms with Crippen LogP contribution in [0.3, 0.4) is 0 Å². The second-order valence-electron chi connectivity index (χ2n) is 5.73. The van der Waals surface area contributed by atoms with Gasteiger partial charge in [0.2, 0.25) is 0 Å². The smallest absolute Gasteiger partial charge is 0.0123 e. The third-order valence-corrected chi connectivity index (χ3v) is 3.75. The maximum atomic E-state index is 3.39. The van der Waals surface area contributed by atoms with Gasteiger partial charge in [0.05, 0.1) is 0 Å². The van der Waals surface area contributed by atoms with E-state index in [4.69, 9.17) is 0 Å². The van der Waals surface area contributed by atoms with Crippen LogP contribution in [0.1, 0.15) is 59.8 Å². The van der Waals surface area contributed by atoms with Gasteiger partial charge in [0.15, 0.2) is 0 Å². The standard InChI is InChI=1S/C17H26/c1-5-16(12-8-6-10-14(2)3)17-13-9-7-11-15(17)4/h14-17H,5,10-13H2,1-4H3. The summed E-state index contributed by atoms with van der Waals surface area (Å²) in [5.41, 5.74) is 0. The summed E-state index contributed by atoms with van der Waals surface area (Å²) in [5.74, 6) is 16.2. The monoisotopic (exact) mass is 230 g/mol. The minimum atomic E-state index is 0.696. The average molecular weight is 230 g/mol. The van der Waals surface area contributed by atoms with E-state index in [-0.39, 0.29) is 0 Å². The summed E-state index contributed by atoms with van der Waals surface area (Å²) in [4.78, 5) is 0. The summed E-state index contributed by atoms with van der Waals surface area (Å²) in [6, 6.07) is 0. The van der Waals surface area contributed by atoms with E-state index in [9.17, 15) is 0 Å². The van der Waals surface area contributed by atoms with Crippen LogP contribution in [0.5, 0.6) is 0 Å². The van der Waals surface area contributed by atoms with Crippen LogP contribution in [0.2, 0.25) is 0 Å². The van der Waals surface area contributed by atoms with Crippen LogP contribution in [-0.4, -0.2) is 0 Å². The molecular formula is C17H26. The second-order valence-corrected chi connectivity index (χ2v) is 5.73. The molecular weight excluding hydrogens is 204 g/mol. The highest BCUT2D eigenvalue weighted by Crippen LogP contribution is 2.32. The number of rotatable bonds is 4. The molecule has 0 bridgehead atoms. The first kappa shape index (κ1) is 14.2. The van der Waals surface area contributed by atoms with Crippen molar-refractivity contribution in [2.75, 3.05) is 0 Å². The summed E-state index contributed by atoms with van der Waals surface area (Å²) in [6.07, 6.45) is 5.52. The molecule has 0 aromatic rings. The van der Waals surface area contributed by atoms with Crippen molar-refractivity contribution in [3.05, 3.63) is 0 Å². The van der Waals surface area contributed by atoms with Gasteiger partial charge < -0.3 is 0 Å². The van der Waals surface area contributed by atoms with Crippen molar-refractivity contribution < 1.29 is 0 Å². The molecule has 0 spiro atoms. The van der Waals surface area contributed by atoms with Gasteiger partial charge in [0, 0.05) is 25.7 Å². The Kier molecular flexibility index (Phi) is 6.21. The lowest BCUT2D eigenvalue weighted by molar-refractivity contribution is 0.238. The highest BCUT2D eigenvalue weighted by atomic mass is 14.3. The summed E-state index contributed by atoms with van der Waals surface area (Å²) in [6.45, 7) is 9.10. The van der Waals surface area contributed by atoms with E-state index in [1.165, 1.54) is 6.42 Å². The molecule has 0 radical (unpaired) electrons. The van der Waals surface area contributed by atoms with Crippen molar-refractivity contribution in [1.29, 1.82) is 0 Å². The van der Waals surface area contributed by atoms with E-state index >= 15 is 0 Å². The van der Waals surface area contributed by atoms with Crippen LogP contribution >= 0.6 is 0 Å². The predicted octanol–water partition coefficient (Wildman–Crippen LogP) is 4.50. The zero-order chi connectivity index (χ0) is 12.7. The Labute approximate surface area is 108 Å². The Hall–Kier alpha value is -0.880. The molecule has 0 nitrogen and oxygen atoms in total. The number of hydrogen-bond acceptors (Lipinski definition) is 0. The minimum absolute atomic E-state index is 0.696. The molecule has 0 aromatic carbocycles. The van der Waals surface area contributed by atoms with E-state index in [2.05, 4.69) is 51.4 Å². The zero-order valence-electron chi connectivity index (χ0n) is 11.8. The third-order valence-electron chi connectivity index (χ3n) is 3.75. The SMILES string of the molecule is CCC(CC#CCC(C)C)C1CC#CCC1C. The molecule has 0 heteroatoms. The molecule has 17 heavy (non-hydrogen) atoms. The first-order valence-corrected chi connectivity index (χ1v) is 7.06. The molecule has 0 saturated heterocycles. The van der Waals surface area contributed by atoms with E-state index < -0.39 is 0 Å². The Bertz CT molecular complexity index is 329. The summed E-state index contributed by atoms with van der Waals surface area (Å²) in [7, 11) is 0. The molecule has 94 valence electrons. The van der Waals surface area contributed by atoms with Crippen molar-refractivity contribution in [1.82, 2.24) is 0 Å². The Balaban J connectivity index is 2.48. The van der Waals surface area contributed by atoms with Gasteiger partial charge in [-0.15, -0.1) is 23.7 Å². The molecule has 1 aliphatic rings. The second kappa shape index (κ2) is 7.45. The fourth-order valence-corrected chi connectivity index (χ4v) is 2.49. The largest absolute Gasteiger partial charge is 0.103 e. The molecule has 0 heterocycles. The van der Waals surface area contributed by atoms with Gasteiger partial charge in [-0.1, -0.05) is 34.1 Å². The van der Waals surface area contributed by atoms with Crippen LogP contribution in [0.25, 0.3) is 0 Å². The van der Waals surface area contributed by atoms with Gasteiger partial charge in [0.1, 0.15) is 0 Å². The summed E-state index contributed by atoms with van der Waals surface area (Å²) < 4.78 is 0. The van der Waals surface area contributed by atoms with Crippen LogP contribution in [0.15, 0.2) is 0 Å². The Morgan fingerprint density at radius 2 is 1.76 bits per heavy atom. The molecule has 3 unspecified atom stereocenters. The molecule has 0 saturated carbocycles. The van der Waals surface area contributed by atoms with Crippen LogP contribution < -0.4 is 0 Å². The molecule has 3 atom stereocenters. The van der Waals surface area contributed by atoms with Crippen LogP contribution in [0.4, 0.5) is 0 Å². The maximum Gasteiger partial charge on any atom is 0.0123 e. The fourth-order valence-electron chi connectivity index (χ4n) is 2.49. The Morgan fingerprint density at radius 1 is 1.12 bits per heavy atom. The van der Waals surface area contributed by atoms with E-state index in [0.29, 0.717) is 5.92 Å². The van der Waals surface area contributed by atoms with Gasteiger partial charge in [-0.05, 0) is 23.7 Å². The van der Waals surface area contributed by atoms with Crippen molar-refractivity contribution in [3.8, 4) is 23.7 Å². The molecule has 0 amide bonds. The first-order chi connectivity index (χ1) is 8.15. The minimum Gasteiger partial charge on any atom is -0.103 e. The van der Waals surface area contributed by atoms with Gasteiger partial charge in [-0.25, -0.2) is 0 Å². The lowest BCUT2D eigenvalue weighted by Gasteiger charge is -2.29. The Morgan fingerprint density at radius 3 is 2.35 bits per heavy atom. The predicted molar refractivity (Wildman–Crippen MR) is 75.3 cm³/mol. The van der Waals surface area contributed by atoms with E-state index in [0.717, 1.165) is 43.4 Å². The number of hydrogen-bond donors (Lipinski definition) is 0. The lowest BCUT2D eigenvalue weighted by atomic mass is 9.74. The highest BCUT2D eigenvalue weighted by molar-refractivity contribution is 5.09. The summed E-state index contributed by atoms with van der Waals surface area (Å²) >= 11 is 0. The molecule has 0 aromatic heterocycles. The van der Waals surface area contributed by atoms with E-state index in [1.54, 1.807) is 0 Å². The first-order valence-electron chi connectivity index (χ1n) is 7.06. The fraction of sp³-hybridized carbons (Fsp3) is 0.765. The van der Waals surface area contributed by atoms with Crippen molar-refractivity contribution in [3.63, 3.8) is 0 Å². The highest BCUT2D eigenvalue weighted by Gasteiger charge is 2.25. The van der Waals surface area contributed by atoms with Crippen molar-refractivity contribution >= 4 is 0 Å². The zero-order valence-corrected chi connectivity index (χ0v) is 11.8. The van der Waals surface area contributed by atoms with Crippen molar-refractivity contribution in [2.45, 2.75) is 59.8 Å². The molecule has 1 rings (SSSR count). The third kappa shape index (κ3) is 4.87. The van der Waals surface area contributed by atoms with Gasteiger partial charge in [-0.3, -0.25) is 0 Å². The lowest BCUT2D eigenvalue weighted by Crippen LogP contribution is -2.22. The van der Waals surface area contributed by atoms with Gasteiger partial charge in [-0.2, -0.15) is 0 Å². The van der Waals surface area contributed by atoms with Crippen LogP contribution in [0, 0.1) is 47.4 Å². The summed E-state index contributed by atoms with van der Waals surface area (Å²) in [5, 5.41) is 0. The van der Waals surface area contributed by atoms with Gasteiger partial charge >= 0.3 is 0 Å². The maximum absolute atomic E-state index is 3.39. The molecule has 1 aliphatic carbocycles. The van der Waals surface area contributed by atoms with Crippen molar-refractivity contribution in [2.24, 2.45) is 23.7 Å². The van der Waals surface area contributed by atoms with Crippen LogP contribution in [-0.2, 0) is 0 Å². The average Bonchev–Trinajstić information content (AvgIpc) is 2.30. The van der Waals surface area contributed by atoms with E-state index in [1.807, 2.05) is 0 Å². The topological polar surface area (TPSA) is 0 Å². The molecule has 0 N–H and O–H groups in total. The van der Waals surface area contributed by atoms with Gasteiger partial charge in [0.25, 0.3) is 0 Å².